The lowest BCUT2D eigenvalue weighted by atomic mass is 9.92. The minimum absolute atomic E-state index is 0.201. The molecule has 1 aliphatic rings. The van der Waals surface area contributed by atoms with E-state index in [1.807, 2.05) is 6.92 Å². The molecule has 5 heteroatoms. The SMILES string of the molecule is CCCCOC1=CC(=O)C(=O)c2c(NC(C)=O)cccc21. The van der Waals surface area contributed by atoms with Crippen molar-refractivity contribution in [2.45, 2.75) is 26.7 Å². The molecule has 1 aromatic rings. The number of amides is 1. The van der Waals surface area contributed by atoms with Crippen molar-refractivity contribution in [1.82, 2.24) is 0 Å². The van der Waals surface area contributed by atoms with Gasteiger partial charge in [0.2, 0.25) is 17.5 Å². The number of unbranched alkanes of at least 4 members (excludes halogenated alkanes) is 1. The maximum Gasteiger partial charge on any atom is 0.235 e. The minimum Gasteiger partial charge on any atom is -0.493 e. The summed E-state index contributed by atoms with van der Waals surface area (Å²) in [5, 5.41) is 2.58. The molecule has 1 N–H and O–H groups in total. The summed E-state index contributed by atoms with van der Waals surface area (Å²) in [6.07, 6.45) is 3.05. The predicted molar refractivity (Wildman–Crippen MR) is 78.9 cm³/mol. The summed E-state index contributed by atoms with van der Waals surface area (Å²) in [6.45, 7) is 3.87. The van der Waals surface area contributed by atoms with Crippen molar-refractivity contribution in [3.05, 3.63) is 35.4 Å². The van der Waals surface area contributed by atoms with Crippen LogP contribution in [0, 0.1) is 0 Å². The van der Waals surface area contributed by atoms with Crippen LogP contribution >= 0.6 is 0 Å². The van der Waals surface area contributed by atoms with E-state index in [0.29, 0.717) is 23.6 Å². The number of nitrogens with one attached hydrogen (secondary N) is 1. The number of benzene rings is 1. The standard InChI is InChI=1S/C16H17NO4/c1-3-4-8-21-14-9-13(19)16(20)15-11(14)6-5-7-12(15)17-10(2)18/h5-7,9H,3-4,8H2,1-2H3,(H,17,18). The van der Waals surface area contributed by atoms with Gasteiger partial charge in [-0.25, -0.2) is 0 Å². The molecule has 0 saturated carbocycles. The van der Waals surface area contributed by atoms with Gasteiger partial charge in [0, 0.05) is 18.6 Å². The van der Waals surface area contributed by atoms with Gasteiger partial charge in [0.25, 0.3) is 0 Å². The van der Waals surface area contributed by atoms with Crippen LogP contribution < -0.4 is 5.32 Å². The van der Waals surface area contributed by atoms with Gasteiger partial charge in [-0.3, -0.25) is 14.4 Å². The summed E-state index contributed by atoms with van der Waals surface area (Å²) in [6, 6.07) is 5.02. The predicted octanol–water partition coefficient (Wildman–Crippen LogP) is 2.57. The second-order valence-corrected chi connectivity index (χ2v) is 4.81. The Balaban J connectivity index is 2.42. The summed E-state index contributed by atoms with van der Waals surface area (Å²) in [5.74, 6) is -1.18. The fourth-order valence-corrected chi connectivity index (χ4v) is 2.13. The summed E-state index contributed by atoms with van der Waals surface area (Å²) >= 11 is 0. The van der Waals surface area contributed by atoms with Gasteiger partial charge in [-0.2, -0.15) is 0 Å². The van der Waals surface area contributed by atoms with Crippen LogP contribution in [0.15, 0.2) is 24.3 Å². The lowest BCUT2D eigenvalue weighted by Gasteiger charge is -2.19. The van der Waals surface area contributed by atoms with Crippen LogP contribution in [0.2, 0.25) is 0 Å². The fourth-order valence-electron chi connectivity index (χ4n) is 2.13. The Hall–Kier alpha value is -2.43. The largest absolute Gasteiger partial charge is 0.493 e. The number of carbonyl (C=O) groups excluding carboxylic acids is 3. The molecule has 0 bridgehead atoms. The van der Waals surface area contributed by atoms with Crippen LogP contribution in [0.25, 0.3) is 5.76 Å². The average Bonchev–Trinajstić information content (AvgIpc) is 2.43. The lowest BCUT2D eigenvalue weighted by molar-refractivity contribution is -0.114. The highest BCUT2D eigenvalue weighted by Gasteiger charge is 2.29. The molecule has 0 atom stereocenters. The number of fused-ring (bicyclic) bond motifs is 1. The number of ether oxygens (including phenoxy) is 1. The zero-order chi connectivity index (χ0) is 15.4. The van der Waals surface area contributed by atoms with E-state index in [1.165, 1.54) is 13.0 Å². The zero-order valence-electron chi connectivity index (χ0n) is 12.1. The van der Waals surface area contributed by atoms with Crippen LogP contribution in [0.1, 0.15) is 42.6 Å². The fraction of sp³-hybridized carbons (Fsp3) is 0.312. The molecule has 1 aliphatic carbocycles. The Morgan fingerprint density at radius 2 is 2.05 bits per heavy atom. The first-order chi connectivity index (χ1) is 10.0. The Morgan fingerprint density at radius 1 is 1.29 bits per heavy atom. The Morgan fingerprint density at radius 3 is 2.71 bits per heavy atom. The Bertz CT molecular complexity index is 631. The first-order valence-electron chi connectivity index (χ1n) is 6.88. The molecule has 110 valence electrons. The summed E-state index contributed by atoms with van der Waals surface area (Å²) in [4.78, 5) is 35.1. The van der Waals surface area contributed by atoms with Gasteiger partial charge >= 0.3 is 0 Å². The number of hydrogen-bond acceptors (Lipinski definition) is 4. The van der Waals surface area contributed by atoms with Crippen molar-refractivity contribution in [2.24, 2.45) is 0 Å². The van der Waals surface area contributed by atoms with E-state index < -0.39 is 11.6 Å². The van der Waals surface area contributed by atoms with Crippen LogP contribution in [0.3, 0.4) is 0 Å². The van der Waals surface area contributed by atoms with E-state index >= 15 is 0 Å². The third-order valence-corrected chi connectivity index (χ3v) is 3.11. The van der Waals surface area contributed by atoms with Gasteiger partial charge in [-0.15, -0.1) is 0 Å². The number of Topliss-reactive ketones (excluding diaryl/α,β-unsaturated/α-hetero) is 1. The first kappa shape index (κ1) is 15.0. The highest BCUT2D eigenvalue weighted by Crippen LogP contribution is 2.31. The number of anilines is 1. The van der Waals surface area contributed by atoms with E-state index in [0.717, 1.165) is 12.8 Å². The summed E-state index contributed by atoms with van der Waals surface area (Å²) < 4.78 is 5.60. The smallest absolute Gasteiger partial charge is 0.235 e. The molecule has 0 unspecified atom stereocenters. The van der Waals surface area contributed by atoms with Gasteiger partial charge in [0.05, 0.1) is 17.9 Å². The molecule has 0 heterocycles. The molecule has 5 nitrogen and oxygen atoms in total. The van der Waals surface area contributed by atoms with Gasteiger partial charge in [0.15, 0.2) is 0 Å². The maximum atomic E-state index is 12.1. The normalized spacial score (nSPS) is 13.5. The van der Waals surface area contributed by atoms with Gasteiger partial charge < -0.3 is 10.1 Å². The van der Waals surface area contributed by atoms with Crippen molar-refractivity contribution in [2.75, 3.05) is 11.9 Å². The van der Waals surface area contributed by atoms with Crippen molar-refractivity contribution in [1.29, 1.82) is 0 Å². The van der Waals surface area contributed by atoms with E-state index in [4.69, 9.17) is 4.74 Å². The molecule has 21 heavy (non-hydrogen) atoms. The lowest BCUT2D eigenvalue weighted by Crippen LogP contribution is -2.22. The number of hydrogen-bond donors (Lipinski definition) is 1. The highest BCUT2D eigenvalue weighted by atomic mass is 16.5. The van der Waals surface area contributed by atoms with Crippen LogP contribution in [-0.4, -0.2) is 24.1 Å². The van der Waals surface area contributed by atoms with Crippen molar-refractivity contribution < 1.29 is 19.1 Å². The van der Waals surface area contributed by atoms with Crippen molar-refractivity contribution >= 4 is 28.9 Å². The number of carbonyl (C=O) groups is 3. The molecular weight excluding hydrogens is 270 g/mol. The van der Waals surface area contributed by atoms with Crippen LogP contribution in [-0.2, 0) is 14.3 Å². The molecule has 0 fully saturated rings. The molecule has 0 aliphatic heterocycles. The van der Waals surface area contributed by atoms with E-state index in [2.05, 4.69) is 5.32 Å². The second kappa shape index (κ2) is 6.35. The van der Waals surface area contributed by atoms with Gasteiger partial charge in [0.1, 0.15) is 5.76 Å². The highest BCUT2D eigenvalue weighted by molar-refractivity contribution is 6.51. The Kier molecular flexibility index (Phi) is 4.52. The maximum absolute atomic E-state index is 12.1. The molecular formula is C16H17NO4. The van der Waals surface area contributed by atoms with Gasteiger partial charge in [-0.1, -0.05) is 25.5 Å². The number of rotatable bonds is 5. The number of ketones is 2. The monoisotopic (exact) mass is 287 g/mol. The summed E-state index contributed by atoms with van der Waals surface area (Å²) in [5.41, 5.74) is 1.08. The van der Waals surface area contributed by atoms with E-state index in [-0.39, 0.29) is 11.5 Å². The third-order valence-electron chi connectivity index (χ3n) is 3.11. The molecule has 0 radical (unpaired) electrons. The van der Waals surface area contributed by atoms with Crippen molar-refractivity contribution in [3.63, 3.8) is 0 Å². The first-order valence-corrected chi connectivity index (χ1v) is 6.88. The molecule has 1 amide bonds. The summed E-state index contributed by atoms with van der Waals surface area (Å²) in [7, 11) is 0. The Labute approximate surface area is 123 Å². The zero-order valence-corrected chi connectivity index (χ0v) is 12.1. The van der Waals surface area contributed by atoms with Crippen LogP contribution in [0.5, 0.6) is 0 Å². The van der Waals surface area contributed by atoms with Crippen LogP contribution in [0.4, 0.5) is 5.69 Å². The average molecular weight is 287 g/mol. The molecule has 0 saturated heterocycles. The van der Waals surface area contributed by atoms with Gasteiger partial charge in [-0.05, 0) is 12.5 Å². The topological polar surface area (TPSA) is 72.5 Å². The third kappa shape index (κ3) is 3.18. The van der Waals surface area contributed by atoms with E-state index in [9.17, 15) is 14.4 Å². The minimum atomic E-state index is -0.633. The quantitative estimate of drug-likeness (QED) is 0.667. The molecule has 0 spiro atoms. The molecule has 0 aromatic heterocycles. The second-order valence-electron chi connectivity index (χ2n) is 4.81. The van der Waals surface area contributed by atoms with E-state index in [1.54, 1.807) is 18.2 Å². The number of allylic oxidation sites excluding steroid dienone is 1. The van der Waals surface area contributed by atoms with Crippen molar-refractivity contribution in [3.8, 4) is 0 Å². The molecule has 1 aromatic carbocycles. The molecule has 2 rings (SSSR count).